The van der Waals surface area contributed by atoms with Crippen LogP contribution in [0.1, 0.15) is 11.1 Å². The first-order valence-electron chi connectivity index (χ1n) is 9.13. The lowest BCUT2D eigenvalue weighted by Crippen LogP contribution is -2.36. The van der Waals surface area contributed by atoms with E-state index in [1.54, 1.807) is 32.5 Å². The van der Waals surface area contributed by atoms with Crippen LogP contribution in [-0.4, -0.2) is 25.1 Å². The lowest BCUT2D eigenvalue weighted by Gasteiger charge is -2.15. The summed E-state index contributed by atoms with van der Waals surface area (Å²) in [4.78, 5) is 8.50. The molecule has 0 aliphatic rings. The minimum atomic E-state index is -0.362. The van der Waals surface area contributed by atoms with Crippen LogP contribution in [0.3, 0.4) is 0 Å². The molecule has 150 valence electrons. The predicted molar refractivity (Wildman–Crippen MR) is 111 cm³/mol. The van der Waals surface area contributed by atoms with Crippen molar-refractivity contribution in [1.82, 2.24) is 15.6 Å². The van der Waals surface area contributed by atoms with Crippen LogP contribution in [0.15, 0.2) is 71.9 Å². The highest BCUT2D eigenvalue weighted by Gasteiger charge is 2.09. The largest absolute Gasteiger partial charge is 0.496 e. The van der Waals surface area contributed by atoms with Crippen molar-refractivity contribution in [3.63, 3.8) is 0 Å². The molecule has 0 unspecified atom stereocenters. The highest BCUT2D eigenvalue weighted by atomic mass is 19.1. The Labute approximate surface area is 169 Å². The molecule has 6 nitrogen and oxygen atoms in total. The summed E-state index contributed by atoms with van der Waals surface area (Å²) < 4.78 is 24.5. The molecule has 29 heavy (non-hydrogen) atoms. The second-order valence-electron chi connectivity index (χ2n) is 6.12. The number of aliphatic imine (C=N–C) groups is 1. The second kappa shape index (κ2) is 10.1. The molecule has 2 aromatic carbocycles. The summed E-state index contributed by atoms with van der Waals surface area (Å²) in [5.41, 5.74) is 1.84. The topological polar surface area (TPSA) is 67.8 Å². The lowest BCUT2D eigenvalue weighted by molar-refractivity contribution is 0.409. The number of halogens is 1. The van der Waals surface area contributed by atoms with Gasteiger partial charge in [-0.2, -0.15) is 0 Å². The van der Waals surface area contributed by atoms with E-state index in [1.165, 1.54) is 12.1 Å². The molecule has 0 radical (unpaired) electrons. The van der Waals surface area contributed by atoms with Crippen molar-refractivity contribution in [2.24, 2.45) is 4.99 Å². The smallest absolute Gasteiger partial charge is 0.224 e. The molecule has 0 saturated heterocycles. The summed E-state index contributed by atoms with van der Waals surface area (Å²) in [6, 6.07) is 17.5. The highest BCUT2D eigenvalue weighted by Crippen LogP contribution is 2.23. The molecule has 0 bridgehead atoms. The molecule has 7 heteroatoms. The van der Waals surface area contributed by atoms with Crippen molar-refractivity contribution >= 4 is 5.96 Å². The standard InChI is InChI=1S/C22H23FN4O2/c1-24-22(26-14-16-7-3-4-11-20(16)28-2)27-15-17-8-6-12-25-21(17)29-19-10-5-9-18(23)13-19/h3-13H,14-15H2,1-2H3,(H2,24,26,27). The highest BCUT2D eigenvalue weighted by molar-refractivity contribution is 5.79. The van der Waals surface area contributed by atoms with E-state index < -0.39 is 0 Å². The van der Waals surface area contributed by atoms with E-state index in [2.05, 4.69) is 20.6 Å². The maximum atomic E-state index is 13.4. The van der Waals surface area contributed by atoms with Gasteiger partial charge in [-0.05, 0) is 24.3 Å². The molecule has 0 aliphatic heterocycles. The number of hydrogen-bond acceptors (Lipinski definition) is 4. The van der Waals surface area contributed by atoms with Crippen molar-refractivity contribution in [3.05, 3.63) is 83.8 Å². The number of ether oxygens (including phenoxy) is 2. The second-order valence-corrected chi connectivity index (χ2v) is 6.12. The number of aromatic nitrogens is 1. The molecule has 0 spiro atoms. The molecule has 0 aliphatic carbocycles. The third-order valence-electron chi connectivity index (χ3n) is 4.17. The van der Waals surface area contributed by atoms with Gasteiger partial charge in [0.2, 0.25) is 5.88 Å². The molecule has 3 aromatic rings. The van der Waals surface area contributed by atoms with Crippen molar-refractivity contribution < 1.29 is 13.9 Å². The van der Waals surface area contributed by atoms with Crippen LogP contribution >= 0.6 is 0 Å². The SMILES string of the molecule is CN=C(NCc1ccccc1OC)NCc1cccnc1Oc1cccc(F)c1. The normalized spacial score (nSPS) is 11.1. The van der Waals surface area contributed by atoms with E-state index in [0.29, 0.717) is 30.7 Å². The fraction of sp³-hybridized carbons (Fsp3) is 0.182. The van der Waals surface area contributed by atoms with E-state index in [0.717, 1.165) is 16.9 Å². The van der Waals surface area contributed by atoms with E-state index >= 15 is 0 Å². The molecule has 2 N–H and O–H groups in total. The van der Waals surface area contributed by atoms with Crippen LogP contribution in [0, 0.1) is 5.82 Å². The monoisotopic (exact) mass is 394 g/mol. The number of para-hydroxylation sites is 1. The Hall–Kier alpha value is -3.61. The van der Waals surface area contributed by atoms with Gasteiger partial charge in [-0.1, -0.05) is 30.3 Å². The van der Waals surface area contributed by atoms with Crippen LogP contribution in [0.2, 0.25) is 0 Å². The Morgan fingerprint density at radius 3 is 2.52 bits per heavy atom. The number of methoxy groups -OCH3 is 1. The van der Waals surface area contributed by atoms with E-state index in [1.807, 2.05) is 36.4 Å². The molecule has 1 aromatic heterocycles. The minimum Gasteiger partial charge on any atom is -0.496 e. The molecular weight excluding hydrogens is 371 g/mol. The van der Waals surface area contributed by atoms with Crippen LogP contribution < -0.4 is 20.1 Å². The molecule has 0 fully saturated rings. The van der Waals surface area contributed by atoms with Gasteiger partial charge < -0.3 is 20.1 Å². The van der Waals surface area contributed by atoms with Gasteiger partial charge in [0.15, 0.2) is 5.96 Å². The summed E-state index contributed by atoms with van der Waals surface area (Å²) >= 11 is 0. The van der Waals surface area contributed by atoms with E-state index in [4.69, 9.17) is 9.47 Å². The lowest BCUT2D eigenvalue weighted by atomic mass is 10.2. The number of nitrogens with one attached hydrogen (secondary N) is 2. The summed E-state index contributed by atoms with van der Waals surface area (Å²) in [5, 5.41) is 6.49. The maximum Gasteiger partial charge on any atom is 0.224 e. The van der Waals surface area contributed by atoms with Gasteiger partial charge in [0.05, 0.1) is 7.11 Å². The van der Waals surface area contributed by atoms with Gasteiger partial charge in [-0.3, -0.25) is 4.99 Å². The minimum absolute atomic E-state index is 0.362. The predicted octanol–water partition coefficient (Wildman–Crippen LogP) is 3.89. The molecule has 0 saturated carbocycles. The fourth-order valence-corrected chi connectivity index (χ4v) is 2.72. The van der Waals surface area contributed by atoms with E-state index in [-0.39, 0.29) is 5.82 Å². The fourth-order valence-electron chi connectivity index (χ4n) is 2.72. The average molecular weight is 394 g/mol. The third-order valence-corrected chi connectivity index (χ3v) is 4.17. The number of benzene rings is 2. The summed E-state index contributed by atoms with van der Waals surface area (Å²) in [5.74, 6) is 1.87. The zero-order valence-electron chi connectivity index (χ0n) is 16.4. The van der Waals surface area contributed by atoms with Gasteiger partial charge in [-0.25, -0.2) is 9.37 Å². The zero-order chi connectivity index (χ0) is 20.5. The van der Waals surface area contributed by atoms with Gasteiger partial charge >= 0.3 is 0 Å². The van der Waals surface area contributed by atoms with Crippen LogP contribution in [0.5, 0.6) is 17.4 Å². The molecule has 0 atom stereocenters. The summed E-state index contributed by atoms with van der Waals surface area (Å²) in [7, 11) is 3.35. The summed E-state index contributed by atoms with van der Waals surface area (Å²) in [6.45, 7) is 0.994. The zero-order valence-corrected chi connectivity index (χ0v) is 16.4. The first kappa shape index (κ1) is 20.1. The van der Waals surface area contributed by atoms with Gasteiger partial charge in [-0.15, -0.1) is 0 Å². The van der Waals surface area contributed by atoms with Crippen molar-refractivity contribution in [1.29, 1.82) is 0 Å². The van der Waals surface area contributed by atoms with Gasteiger partial charge in [0.1, 0.15) is 17.3 Å². The summed E-state index contributed by atoms with van der Waals surface area (Å²) in [6.07, 6.45) is 1.63. The number of rotatable bonds is 7. The van der Waals surface area contributed by atoms with Crippen molar-refractivity contribution in [3.8, 4) is 17.4 Å². The van der Waals surface area contributed by atoms with E-state index in [9.17, 15) is 4.39 Å². The van der Waals surface area contributed by atoms with Crippen LogP contribution in [0.4, 0.5) is 4.39 Å². The number of guanidine groups is 1. The Morgan fingerprint density at radius 1 is 1.00 bits per heavy atom. The quantitative estimate of drug-likeness (QED) is 0.470. The average Bonchev–Trinajstić information content (AvgIpc) is 2.75. The van der Waals surface area contributed by atoms with Crippen LogP contribution in [0.25, 0.3) is 0 Å². The first-order chi connectivity index (χ1) is 14.2. The Bertz CT molecular complexity index is 978. The van der Waals surface area contributed by atoms with Crippen molar-refractivity contribution in [2.45, 2.75) is 13.1 Å². The number of pyridine rings is 1. The maximum absolute atomic E-state index is 13.4. The molecular formula is C22H23FN4O2. The molecule has 1 heterocycles. The Morgan fingerprint density at radius 2 is 1.76 bits per heavy atom. The first-order valence-corrected chi connectivity index (χ1v) is 9.13. The number of hydrogen-bond donors (Lipinski definition) is 2. The Kier molecular flexibility index (Phi) is 7.00. The number of nitrogens with zero attached hydrogens (tertiary/aromatic N) is 2. The van der Waals surface area contributed by atoms with Crippen molar-refractivity contribution in [2.75, 3.05) is 14.2 Å². The van der Waals surface area contributed by atoms with Gasteiger partial charge in [0, 0.05) is 43.5 Å². The van der Waals surface area contributed by atoms with Gasteiger partial charge in [0.25, 0.3) is 0 Å². The molecule has 0 amide bonds. The third kappa shape index (κ3) is 5.68. The van der Waals surface area contributed by atoms with Crippen LogP contribution in [-0.2, 0) is 13.1 Å². The molecule has 3 rings (SSSR count). The Balaban J connectivity index is 1.62.